The maximum absolute atomic E-state index is 13.6. The molecule has 0 spiro atoms. The first-order valence-electron chi connectivity index (χ1n) is 8.91. The Bertz CT molecular complexity index is 1220. The zero-order chi connectivity index (χ0) is 19.8. The van der Waals surface area contributed by atoms with E-state index in [9.17, 15) is 23.8 Å². The van der Waals surface area contributed by atoms with Crippen LogP contribution in [0.3, 0.4) is 0 Å². The quantitative estimate of drug-likeness (QED) is 0.524. The minimum Gasteiger partial charge on any atom is -0.380 e. The van der Waals surface area contributed by atoms with E-state index in [4.69, 9.17) is 4.74 Å². The molecule has 0 amide bonds. The van der Waals surface area contributed by atoms with E-state index in [1.54, 1.807) is 19.1 Å². The summed E-state index contributed by atoms with van der Waals surface area (Å²) in [5, 5.41) is 21.5. The topological polar surface area (TPSA) is 84.6 Å². The van der Waals surface area contributed by atoms with E-state index >= 15 is 0 Å². The van der Waals surface area contributed by atoms with Crippen molar-refractivity contribution in [2.24, 2.45) is 0 Å². The van der Waals surface area contributed by atoms with Gasteiger partial charge in [-0.1, -0.05) is 6.92 Å². The largest absolute Gasteiger partial charge is 0.380 e. The molecule has 0 fully saturated rings. The molecule has 0 radical (unpaired) electrons. The summed E-state index contributed by atoms with van der Waals surface area (Å²) in [4.78, 5) is 17.5. The number of benzene rings is 1. The number of fused-ring (bicyclic) bond motifs is 5. The van der Waals surface area contributed by atoms with Crippen molar-refractivity contribution in [1.29, 1.82) is 0 Å². The van der Waals surface area contributed by atoms with E-state index in [2.05, 4.69) is 4.98 Å². The number of hydrogen-bond donors (Lipinski definition) is 2. The Morgan fingerprint density at radius 2 is 2.04 bits per heavy atom. The molecule has 8 heteroatoms. The summed E-state index contributed by atoms with van der Waals surface area (Å²) in [6.45, 7) is 1.80. The Balaban J connectivity index is 1.78. The Labute approximate surface area is 157 Å². The highest BCUT2D eigenvalue weighted by molar-refractivity contribution is 5.84. The van der Waals surface area contributed by atoms with E-state index in [0.717, 1.165) is 12.1 Å². The van der Waals surface area contributed by atoms with Gasteiger partial charge in [0.25, 0.3) is 5.56 Å². The van der Waals surface area contributed by atoms with Gasteiger partial charge in [0.1, 0.15) is 5.60 Å². The van der Waals surface area contributed by atoms with Crippen LogP contribution in [0.15, 0.2) is 29.1 Å². The standard InChI is InChI=1S/C20H16F2N2O4/c1-2-20(27)12-5-16-17-10(3-9-4-13(21)14(22)6-15(9)23-17)7-24(16)18(25)11(12)8-28-19(20)26/h3-6,19,26-27H,2,7-8H2,1H3/t19?,20-/m0/s1. The fourth-order valence-corrected chi connectivity index (χ4v) is 4.09. The highest BCUT2D eigenvalue weighted by atomic mass is 19.2. The van der Waals surface area contributed by atoms with E-state index in [1.807, 2.05) is 0 Å². The molecule has 6 nitrogen and oxygen atoms in total. The van der Waals surface area contributed by atoms with Gasteiger partial charge in [-0.2, -0.15) is 0 Å². The van der Waals surface area contributed by atoms with Crippen molar-refractivity contribution in [3.63, 3.8) is 0 Å². The van der Waals surface area contributed by atoms with Gasteiger partial charge in [0.2, 0.25) is 0 Å². The molecule has 1 aromatic carbocycles. The summed E-state index contributed by atoms with van der Waals surface area (Å²) in [6.07, 6.45) is -1.30. The SMILES string of the molecule is CC[C@]1(O)c2cc3n(c(=O)c2COC1O)Cc1cc2cc(F)c(F)cc2nc1-3. The molecule has 4 heterocycles. The number of rotatable bonds is 1. The number of aromatic nitrogens is 2. The maximum atomic E-state index is 13.6. The molecule has 2 aliphatic heterocycles. The molecule has 0 bridgehead atoms. The second-order valence-electron chi connectivity index (χ2n) is 7.21. The predicted molar refractivity (Wildman–Crippen MR) is 95.4 cm³/mol. The lowest BCUT2D eigenvalue weighted by molar-refractivity contribution is -0.236. The zero-order valence-electron chi connectivity index (χ0n) is 14.9. The lowest BCUT2D eigenvalue weighted by atomic mass is 9.85. The molecule has 28 heavy (non-hydrogen) atoms. The van der Waals surface area contributed by atoms with Crippen LogP contribution in [0.1, 0.15) is 30.0 Å². The number of aliphatic hydroxyl groups is 2. The van der Waals surface area contributed by atoms with Gasteiger partial charge in [-0.15, -0.1) is 0 Å². The van der Waals surface area contributed by atoms with E-state index in [0.29, 0.717) is 27.9 Å². The molecular weight excluding hydrogens is 370 g/mol. The summed E-state index contributed by atoms with van der Waals surface area (Å²) in [5.41, 5.74) is 0.439. The molecule has 2 aliphatic rings. The van der Waals surface area contributed by atoms with Gasteiger partial charge in [0.05, 0.1) is 30.1 Å². The molecule has 2 atom stereocenters. The second kappa shape index (κ2) is 5.66. The van der Waals surface area contributed by atoms with Crippen LogP contribution in [0, 0.1) is 11.6 Å². The van der Waals surface area contributed by atoms with Crippen molar-refractivity contribution in [2.45, 2.75) is 38.4 Å². The average molecular weight is 386 g/mol. The van der Waals surface area contributed by atoms with Crippen LogP contribution in [0.4, 0.5) is 8.78 Å². The zero-order valence-corrected chi connectivity index (χ0v) is 14.9. The minimum absolute atomic E-state index is 0.111. The third kappa shape index (κ3) is 2.16. The first-order chi connectivity index (χ1) is 13.3. The van der Waals surface area contributed by atoms with E-state index < -0.39 is 23.5 Å². The van der Waals surface area contributed by atoms with Crippen LogP contribution >= 0.6 is 0 Å². The summed E-state index contributed by atoms with van der Waals surface area (Å²) in [6, 6.07) is 5.42. The van der Waals surface area contributed by atoms with Gasteiger partial charge < -0.3 is 19.5 Å². The third-order valence-electron chi connectivity index (χ3n) is 5.71. The monoisotopic (exact) mass is 386 g/mol. The number of halogens is 2. The van der Waals surface area contributed by atoms with Gasteiger partial charge >= 0.3 is 0 Å². The van der Waals surface area contributed by atoms with Crippen molar-refractivity contribution < 1.29 is 23.7 Å². The molecule has 144 valence electrons. The highest BCUT2D eigenvalue weighted by Gasteiger charge is 2.44. The molecule has 0 saturated heterocycles. The van der Waals surface area contributed by atoms with Crippen LogP contribution in [-0.2, 0) is 23.5 Å². The van der Waals surface area contributed by atoms with Gasteiger partial charge in [-0.25, -0.2) is 13.8 Å². The first-order valence-corrected chi connectivity index (χ1v) is 8.91. The molecule has 1 unspecified atom stereocenters. The van der Waals surface area contributed by atoms with Crippen LogP contribution in [0.2, 0.25) is 0 Å². The molecule has 0 aliphatic carbocycles. The van der Waals surface area contributed by atoms with Crippen LogP contribution in [0.25, 0.3) is 22.3 Å². The Kier molecular flexibility index (Phi) is 3.52. The average Bonchev–Trinajstić information content (AvgIpc) is 3.02. The molecule has 5 rings (SSSR count). The second-order valence-corrected chi connectivity index (χ2v) is 7.21. The predicted octanol–water partition coefficient (Wildman–Crippen LogP) is 2.15. The fourth-order valence-electron chi connectivity index (χ4n) is 4.09. The number of pyridine rings is 2. The fraction of sp³-hybridized carbons (Fsp3) is 0.300. The maximum Gasteiger partial charge on any atom is 0.257 e. The lowest BCUT2D eigenvalue weighted by Crippen LogP contribution is -2.47. The normalized spacial score (nSPS) is 22.8. The van der Waals surface area contributed by atoms with Crippen LogP contribution < -0.4 is 5.56 Å². The van der Waals surface area contributed by atoms with Gasteiger partial charge in [-0.3, -0.25) is 4.79 Å². The molecule has 0 saturated carbocycles. The van der Waals surface area contributed by atoms with Gasteiger partial charge in [-0.05, 0) is 24.6 Å². The van der Waals surface area contributed by atoms with E-state index in [-0.39, 0.29) is 36.2 Å². The van der Waals surface area contributed by atoms with Crippen molar-refractivity contribution in [1.82, 2.24) is 9.55 Å². The Morgan fingerprint density at radius 1 is 1.29 bits per heavy atom. The van der Waals surface area contributed by atoms with Crippen molar-refractivity contribution in [3.8, 4) is 11.4 Å². The number of aliphatic hydroxyl groups excluding tert-OH is 1. The molecule has 3 aromatic rings. The van der Waals surface area contributed by atoms with Crippen LogP contribution in [-0.4, -0.2) is 26.1 Å². The van der Waals surface area contributed by atoms with Gasteiger partial charge in [0.15, 0.2) is 17.9 Å². The van der Waals surface area contributed by atoms with Crippen LogP contribution in [0.5, 0.6) is 0 Å². The summed E-state index contributed by atoms with van der Waals surface area (Å²) in [7, 11) is 0. The Morgan fingerprint density at radius 3 is 2.79 bits per heavy atom. The van der Waals surface area contributed by atoms with E-state index in [1.165, 1.54) is 4.57 Å². The van der Waals surface area contributed by atoms with Gasteiger partial charge in [0, 0.05) is 28.1 Å². The number of ether oxygens (including phenoxy) is 1. The number of nitrogens with zero attached hydrogens (tertiary/aromatic N) is 2. The molecule has 2 N–H and O–H groups in total. The third-order valence-corrected chi connectivity index (χ3v) is 5.71. The van der Waals surface area contributed by atoms with Crippen molar-refractivity contribution in [3.05, 3.63) is 62.9 Å². The van der Waals surface area contributed by atoms with Crippen molar-refractivity contribution in [2.75, 3.05) is 0 Å². The molecule has 2 aromatic heterocycles. The summed E-state index contributed by atoms with van der Waals surface area (Å²) < 4.78 is 33.9. The van der Waals surface area contributed by atoms with Crippen molar-refractivity contribution >= 4 is 10.9 Å². The smallest absolute Gasteiger partial charge is 0.257 e. The summed E-state index contributed by atoms with van der Waals surface area (Å²) in [5.74, 6) is -1.96. The first kappa shape index (κ1) is 17.4. The summed E-state index contributed by atoms with van der Waals surface area (Å²) >= 11 is 0. The highest BCUT2D eigenvalue weighted by Crippen LogP contribution is 2.40. The number of hydrogen-bond acceptors (Lipinski definition) is 5. The lowest BCUT2D eigenvalue weighted by Gasteiger charge is -2.37. The molecular formula is C20H16F2N2O4. The Hall–Kier alpha value is -2.68. The minimum atomic E-state index is -1.71.